The minimum absolute atomic E-state index is 0.0597. The second-order valence-corrected chi connectivity index (χ2v) is 8.62. The van der Waals surface area contributed by atoms with Crippen LogP contribution in [-0.2, 0) is 23.7 Å². The van der Waals surface area contributed by atoms with E-state index in [0.717, 1.165) is 30.7 Å². The Bertz CT molecular complexity index is 912. The Morgan fingerprint density at radius 1 is 1.37 bits per heavy atom. The van der Waals surface area contributed by atoms with E-state index < -0.39 is 0 Å². The lowest BCUT2D eigenvalue weighted by Crippen LogP contribution is -2.30. The molecule has 1 aromatic carbocycles. The van der Waals surface area contributed by atoms with E-state index in [1.54, 1.807) is 18.2 Å². The number of aromatic nitrogens is 2. The van der Waals surface area contributed by atoms with Crippen molar-refractivity contribution in [3.63, 3.8) is 0 Å². The van der Waals surface area contributed by atoms with Crippen LogP contribution < -0.4 is 5.49 Å². The molecule has 1 aliphatic rings. The molecule has 0 unspecified atom stereocenters. The molecule has 0 aliphatic carbocycles. The summed E-state index contributed by atoms with van der Waals surface area (Å²) < 4.78 is 9.95. The van der Waals surface area contributed by atoms with Gasteiger partial charge in [-0.05, 0) is 37.5 Å². The van der Waals surface area contributed by atoms with Crippen LogP contribution in [0, 0.1) is 6.92 Å². The van der Waals surface area contributed by atoms with Crippen LogP contribution in [0.3, 0.4) is 0 Å². The number of hydrogen-bond donors (Lipinski definition) is 0. The maximum atomic E-state index is 12.9. The fourth-order valence-electron chi connectivity index (χ4n) is 3.57. The molecule has 0 bridgehead atoms. The molecule has 1 aromatic heterocycles. The lowest BCUT2D eigenvalue weighted by atomic mass is 9.92. The predicted molar refractivity (Wildman–Crippen MR) is 107 cm³/mol. The maximum Gasteiger partial charge on any atom is 0.279 e. The zero-order valence-electron chi connectivity index (χ0n) is 16.8. The molecule has 1 atom stereocenters. The summed E-state index contributed by atoms with van der Waals surface area (Å²) in [5.74, 6) is -0.276. The molecule has 0 saturated carbocycles. The molecule has 5 nitrogen and oxygen atoms in total. The van der Waals surface area contributed by atoms with Gasteiger partial charge in [-0.3, -0.25) is 14.2 Å². The van der Waals surface area contributed by atoms with Gasteiger partial charge in [0.2, 0.25) is 0 Å². The van der Waals surface area contributed by atoms with Gasteiger partial charge in [0, 0.05) is 41.4 Å². The fraction of sp³-hybridized carbons (Fsp3) is 0.524. The van der Waals surface area contributed by atoms with Crippen LogP contribution in [0.25, 0.3) is 0 Å². The molecule has 2 heterocycles. The van der Waals surface area contributed by atoms with Crippen molar-refractivity contribution in [1.82, 2.24) is 9.36 Å². The highest BCUT2D eigenvalue weighted by atomic mass is 35.5. The number of ether oxygens (including phenoxy) is 1. The van der Waals surface area contributed by atoms with Crippen molar-refractivity contribution < 1.29 is 9.53 Å². The molecule has 1 amide bonds. The monoisotopic (exact) mass is 389 g/mol. The number of benzene rings is 1. The molecule has 6 heteroatoms. The molecule has 0 radical (unpaired) electrons. The third-order valence-corrected chi connectivity index (χ3v) is 5.53. The van der Waals surface area contributed by atoms with Gasteiger partial charge in [-0.1, -0.05) is 38.4 Å². The number of nitrogens with zero attached hydrogens (tertiary/aromatic N) is 3. The highest BCUT2D eigenvalue weighted by molar-refractivity contribution is 6.31. The summed E-state index contributed by atoms with van der Waals surface area (Å²) in [4.78, 5) is 17.3. The highest BCUT2D eigenvalue weighted by Gasteiger charge is 2.23. The Morgan fingerprint density at radius 3 is 2.74 bits per heavy atom. The predicted octanol–water partition coefficient (Wildman–Crippen LogP) is 4.01. The van der Waals surface area contributed by atoms with Crippen LogP contribution >= 0.6 is 11.6 Å². The zero-order chi connectivity index (χ0) is 19.8. The second-order valence-electron chi connectivity index (χ2n) is 8.21. The van der Waals surface area contributed by atoms with Crippen molar-refractivity contribution in [2.75, 3.05) is 6.61 Å². The van der Waals surface area contributed by atoms with E-state index in [0.29, 0.717) is 22.6 Å². The minimum Gasteiger partial charge on any atom is -0.376 e. The van der Waals surface area contributed by atoms with Crippen LogP contribution in [-0.4, -0.2) is 28.0 Å². The Morgan fingerprint density at radius 2 is 2.11 bits per heavy atom. The summed E-state index contributed by atoms with van der Waals surface area (Å²) in [5.41, 5.74) is 3.01. The fourth-order valence-corrected chi connectivity index (χ4v) is 3.74. The van der Waals surface area contributed by atoms with E-state index >= 15 is 0 Å². The molecule has 0 spiro atoms. The van der Waals surface area contributed by atoms with Crippen molar-refractivity contribution in [2.45, 2.75) is 58.6 Å². The van der Waals surface area contributed by atoms with Gasteiger partial charge in [-0.15, -0.1) is 0 Å². The molecular weight excluding hydrogens is 362 g/mol. The lowest BCUT2D eigenvalue weighted by Gasteiger charge is -2.21. The van der Waals surface area contributed by atoms with E-state index in [2.05, 4.69) is 30.4 Å². The molecule has 146 valence electrons. The molecule has 2 aromatic rings. The Labute approximate surface area is 165 Å². The lowest BCUT2D eigenvalue weighted by molar-refractivity contribution is 0.0885. The van der Waals surface area contributed by atoms with Gasteiger partial charge in [-0.2, -0.15) is 4.99 Å². The number of carbonyl (C=O) groups is 1. The van der Waals surface area contributed by atoms with Gasteiger partial charge < -0.3 is 4.74 Å². The van der Waals surface area contributed by atoms with E-state index in [4.69, 9.17) is 16.3 Å². The molecule has 1 aliphatic heterocycles. The molecule has 1 saturated heterocycles. The third-order valence-electron chi connectivity index (χ3n) is 5.12. The SMILES string of the molecule is Cc1c(Cl)cccc1C(=O)N=c1cc(C(C)(C)C)n(C)n1C[C@H]1CCCO1. The number of amides is 1. The standard InChI is InChI=1S/C21H28ClN3O2/c1-14-16(9-6-10-17(14)22)20(26)23-19-12-18(21(2,3)4)24(5)25(19)13-15-8-7-11-27-15/h6,9-10,12,15H,7-8,11,13H2,1-5H3/t15-/m1/s1. The van der Waals surface area contributed by atoms with E-state index in [1.807, 2.05) is 24.7 Å². The average Bonchev–Trinajstić information content (AvgIpc) is 3.20. The zero-order valence-corrected chi connectivity index (χ0v) is 17.5. The topological polar surface area (TPSA) is 48.5 Å². The van der Waals surface area contributed by atoms with Gasteiger partial charge in [0.05, 0.1) is 12.6 Å². The smallest absolute Gasteiger partial charge is 0.279 e. The van der Waals surface area contributed by atoms with Gasteiger partial charge in [0.15, 0.2) is 5.49 Å². The average molecular weight is 390 g/mol. The summed E-state index contributed by atoms with van der Waals surface area (Å²) in [6, 6.07) is 7.34. The summed E-state index contributed by atoms with van der Waals surface area (Å²) in [7, 11) is 2.02. The summed E-state index contributed by atoms with van der Waals surface area (Å²) in [6.45, 7) is 9.81. The quantitative estimate of drug-likeness (QED) is 0.796. The van der Waals surface area contributed by atoms with Crippen molar-refractivity contribution in [3.8, 4) is 0 Å². The van der Waals surface area contributed by atoms with E-state index in [-0.39, 0.29) is 17.4 Å². The van der Waals surface area contributed by atoms with Crippen molar-refractivity contribution in [2.24, 2.45) is 12.0 Å². The minimum atomic E-state index is -0.276. The summed E-state index contributed by atoms with van der Waals surface area (Å²) in [6.07, 6.45) is 2.27. The summed E-state index contributed by atoms with van der Waals surface area (Å²) >= 11 is 6.17. The molecule has 1 fully saturated rings. The van der Waals surface area contributed by atoms with Crippen molar-refractivity contribution in [1.29, 1.82) is 0 Å². The Hall–Kier alpha value is -1.85. The van der Waals surface area contributed by atoms with Gasteiger partial charge >= 0.3 is 0 Å². The number of rotatable bonds is 3. The van der Waals surface area contributed by atoms with Gasteiger partial charge in [0.1, 0.15) is 0 Å². The molecular formula is C21H28ClN3O2. The first-order valence-electron chi connectivity index (χ1n) is 9.41. The molecule has 0 N–H and O–H groups in total. The number of halogens is 1. The van der Waals surface area contributed by atoms with Crippen LogP contribution in [0.1, 0.15) is 55.2 Å². The van der Waals surface area contributed by atoms with Crippen molar-refractivity contribution >= 4 is 17.5 Å². The van der Waals surface area contributed by atoms with Crippen LogP contribution in [0.15, 0.2) is 29.3 Å². The second kappa shape index (κ2) is 7.64. The molecule has 3 rings (SSSR count). The molecule has 27 heavy (non-hydrogen) atoms. The van der Waals surface area contributed by atoms with E-state index in [1.165, 1.54) is 0 Å². The van der Waals surface area contributed by atoms with Crippen LogP contribution in [0.4, 0.5) is 0 Å². The van der Waals surface area contributed by atoms with E-state index in [9.17, 15) is 4.79 Å². The third kappa shape index (κ3) is 4.19. The first kappa shape index (κ1) is 19.9. The maximum absolute atomic E-state index is 12.9. The summed E-state index contributed by atoms with van der Waals surface area (Å²) in [5, 5.41) is 0.576. The highest BCUT2D eigenvalue weighted by Crippen LogP contribution is 2.22. The van der Waals surface area contributed by atoms with Gasteiger partial charge in [-0.25, -0.2) is 0 Å². The first-order valence-corrected chi connectivity index (χ1v) is 9.79. The first-order chi connectivity index (χ1) is 12.7. The Kier molecular flexibility index (Phi) is 5.63. The van der Waals surface area contributed by atoms with Crippen LogP contribution in [0.5, 0.6) is 0 Å². The normalized spacial score (nSPS) is 18.3. The largest absolute Gasteiger partial charge is 0.376 e. The van der Waals surface area contributed by atoms with Gasteiger partial charge in [0.25, 0.3) is 5.91 Å². The number of hydrogen-bond acceptors (Lipinski definition) is 2. The number of carbonyl (C=O) groups excluding carboxylic acids is 1. The van der Waals surface area contributed by atoms with Crippen molar-refractivity contribution in [3.05, 3.63) is 51.6 Å². The van der Waals surface area contributed by atoms with Crippen LogP contribution in [0.2, 0.25) is 5.02 Å². The Balaban J connectivity index is 2.08.